The maximum atomic E-state index is 13.1. The summed E-state index contributed by atoms with van der Waals surface area (Å²) < 4.78 is 45.2. The Kier molecular flexibility index (Phi) is 6.61. The molecule has 0 atom stereocenters. The van der Waals surface area contributed by atoms with Gasteiger partial charge in [-0.25, -0.2) is 0 Å². The number of thiophene rings is 1. The van der Waals surface area contributed by atoms with Crippen molar-refractivity contribution in [3.63, 3.8) is 0 Å². The van der Waals surface area contributed by atoms with Crippen LogP contribution in [-0.4, -0.2) is 34.1 Å². The largest absolute Gasteiger partial charge is 0.419 e. The fraction of sp³-hybridized carbons (Fsp3) is 0.409. The van der Waals surface area contributed by atoms with Crippen molar-refractivity contribution in [1.29, 1.82) is 0 Å². The number of alkyl halides is 3. The van der Waals surface area contributed by atoms with Crippen molar-refractivity contribution in [3.05, 3.63) is 52.2 Å². The summed E-state index contributed by atoms with van der Waals surface area (Å²) in [4.78, 5) is 16.4. The predicted molar refractivity (Wildman–Crippen MR) is 115 cm³/mol. The van der Waals surface area contributed by atoms with Gasteiger partial charge in [-0.15, -0.1) is 21.5 Å². The van der Waals surface area contributed by atoms with Crippen LogP contribution in [0.4, 0.5) is 18.9 Å². The number of anilines is 1. The zero-order valence-corrected chi connectivity index (χ0v) is 18.4. The Morgan fingerprint density at radius 1 is 1.22 bits per heavy atom. The summed E-state index contributed by atoms with van der Waals surface area (Å²) in [6.07, 6.45) is -0.00206. The van der Waals surface area contributed by atoms with Crippen LogP contribution in [0.2, 0.25) is 0 Å². The van der Waals surface area contributed by atoms with E-state index in [4.69, 9.17) is 4.42 Å². The van der Waals surface area contributed by atoms with Crippen LogP contribution < -0.4 is 5.32 Å². The Morgan fingerprint density at radius 3 is 2.75 bits per heavy atom. The van der Waals surface area contributed by atoms with Crippen LogP contribution in [0.3, 0.4) is 0 Å². The first-order chi connectivity index (χ1) is 15.3. The van der Waals surface area contributed by atoms with Gasteiger partial charge in [0.2, 0.25) is 11.8 Å². The summed E-state index contributed by atoms with van der Waals surface area (Å²) in [6.45, 7) is 2.46. The fourth-order valence-corrected chi connectivity index (χ4v) is 4.89. The van der Waals surface area contributed by atoms with E-state index in [1.54, 1.807) is 16.2 Å². The second-order valence-corrected chi connectivity index (χ2v) is 8.80. The molecule has 6 nitrogen and oxygen atoms in total. The Morgan fingerprint density at radius 2 is 2.00 bits per heavy atom. The van der Waals surface area contributed by atoms with Crippen LogP contribution in [0.5, 0.6) is 0 Å². The van der Waals surface area contributed by atoms with E-state index in [9.17, 15) is 18.0 Å². The molecule has 0 radical (unpaired) electrons. The van der Waals surface area contributed by atoms with Gasteiger partial charge in [0.25, 0.3) is 5.89 Å². The van der Waals surface area contributed by atoms with Crippen molar-refractivity contribution in [2.75, 3.05) is 18.4 Å². The normalized spacial score (nSPS) is 13.9. The van der Waals surface area contributed by atoms with E-state index in [-0.39, 0.29) is 18.8 Å². The fourth-order valence-electron chi connectivity index (χ4n) is 3.72. The third kappa shape index (κ3) is 5.18. The van der Waals surface area contributed by atoms with Crippen molar-refractivity contribution >= 4 is 22.9 Å². The third-order valence-corrected chi connectivity index (χ3v) is 6.58. The number of carbonyl (C=O) groups is 1. The molecule has 0 unspecified atom stereocenters. The van der Waals surface area contributed by atoms with Gasteiger partial charge in [0.1, 0.15) is 0 Å². The zero-order chi connectivity index (χ0) is 22.7. The van der Waals surface area contributed by atoms with Crippen LogP contribution in [-0.2, 0) is 30.4 Å². The van der Waals surface area contributed by atoms with Gasteiger partial charge in [0, 0.05) is 4.88 Å². The lowest BCUT2D eigenvalue weighted by Crippen LogP contribution is -2.33. The summed E-state index contributed by atoms with van der Waals surface area (Å²) in [6, 6.07) is 7.02. The van der Waals surface area contributed by atoms with E-state index in [1.165, 1.54) is 41.5 Å². The number of halogens is 3. The molecule has 0 saturated heterocycles. The number of benzene rings is 1. The molecule has 2 aromatic heterocycles. The second kappa shape index (κ2) is 9.41. The smallest absolute Gasteiger partial charge is 0.418 e. The summed E-state index contributed by atoms with van der Waals surface area (Å²) in [5.41, 5.74) is 0.210. The number of carbonyl (C=O) groups excluding carboxylic acids is 1. The van der Waals surface area contributed by atoms with E-state index in [0.29, 0.717) is 18.3 Å². The number of aryl methyl sites for hydroxylation is 2. The van der Waals surface area contributed by atoms with Gasteiger partial charge in [-0.3, -0.25) is 9.69 Å². The van der Waals surface area contributed by atoms with Gasteiger partial charge in [0.15, 0.2) is 0 Å². The highest BCUT2D eigenvalue weighted by Crippen LogP contribution is 2.36. The molecule has 32 heavy (non-hydrogen) atoms. The lowest BCUT2D eigenvalue weighted by molar-refractivity contribution is -0.137. The van der Waals surface area contributed by atoms with Crippen molar-refractivity contribution in [2.24, 2.45) is 0 Å². The number of nitrogens with one attached hydrogen (secondary N) is 1. The molecule has 0 spiro atoms. The van der Waals surface area contributed by atoms with E-state index in [1.807, 2.05) is 6.92 Å². The molecule has 0 fully saturated rings. The first-order valence-corrected chi connectivity index (χ1v) is 11.3. The maximum Gasteiger partial charge on any atom is 0.418 e. The topological polar surface area (TPSA) is 71.3 Å². The molecule has 1 amide bonds. The quantitative estimate of drug-likeness (QED) is 0.523. The number of para-hydroxylation sites is 1. The number of rotatable bonds is 7. The molecule has 0 bridgehead atoms. The van der Waals surface area contributed by atoms with Gasteiger partial charge < -0.3 is 9.73 Å². The predicted octanol–water partition coefficient (Wildman–Crippen LogP) is 5.16. The van der Waals surface area contributed by atoms with Crippen LogP contribution >= 0.6 is 11.3 Å². The van der Waals surface area contributed by atoms with Crippen LogP contribution in [0.1, 0.15) is 41.7 Å². The molecule has 170 valence electrons. The lowest BCUT2D eigenvalue weighted by Gasteiger charge is -2.19. The average molecular weight is 465 g/mol. The summed E-state index contributed by atoms with van der Waals surface area (Å²) in [5, 5.41) is 10.6. The monoisotopic (exact) mass is 464 g/mol. The first kappa shape index (κ1) is 22.5. The maximum absolute atomic E-state index is 13.1. The van der Waals surface area contributed by atoms with E-state index in [2.05, 4.69) is 21.6 Å². The summed E-state index contributed by atoms with van der Waals surface area (Å²) in [5.74, 6) is 0.268. The van der Waals surface area contributed by atoms with Gasteiger partial charge in [-0.2, -0.15) is 13.2 Å². The molecule has 4 rings (SSSR count). The minimum atomic E-state index is -4.55. The molecule has 1 aromatic carbocycles. The second-order valence-electron chi connectivity index (χ2n) is 7.66. The van der Waals surface area contributed by atoms with Crippen molar-refractivity contribution in [2.45, 2.75) is 45.3 Å². The van der Waals surface area contributed by atoms with Gasteiger partial charge in [-0.05, 0) is 56.0 Å². The minimum absolute atomic E-state index is 0.103. The number of fused-ring (bicyclic) bond motifs is 1. The molecule has 1 aliphatic carbocycles. The highest BCUT2D eigenvalue weighted by molar-refractivity contribution is 7.15. The Balaban J connectivity index is 1.39. The van der Waals surface area contributed by atoms with E-state index < -0.39 is 17.6 Å². The number of likely N-dealkylation sites (N-methyl/N-ethyl adjacent to an activating group) is 1. The van der Waals surface area contributed by atoms with Gasteiger partial charge in [0.05, 0.1) is 29.2 Å². The van der Waals surface area contributed by atoms with Crippen molar-refractivity contribution in [1.82, 2.24) is 15.1 Å². The Labute approximate surface area is 187 Å². The van der Waals surface area contributed by atoms with E-state index in [0.717, 1.165) is 23.8 Å². The molecule has 10 heteroatoms. The molecule has 1 N–H and O–H groups in total. The van der Waals surface area contributed by atoms with Crippen LogP contribution in [0.25, 0.3) is 10.8 Å². The minimum Gasteiger partial charge on any atom is -0.419 e. The number of nitrogens with zero attached hydrogens (tertiary/aromatic N) is 3. The number of amides is 1. The standard InChI is InChI=1S/C22H23F3N4O2S/c1-2-29(12-19(30)26-16-9-5-4-8-15(16)22(23,24)25)13-20-27-28-21(31-20)18-11-14-7-3-6-10-17(14)32-18/h4-5,8-9,11H,2-3,6-7,10,12-13H2,1H3,(H,26,30). The summed E-state index contributed by atoms with van der Waals surface area (Å²) in [7, 11) is 0. The molecule has 0 saturated carbocycles. The first-order valence-electron chi connectivity index (χ1n) is 10.5. The third-order valence-electron chi connectivity index (χ3n) is 5.35. The Bertz CT molecular complexity index is 1070. The summed E-state index contributed by atoms with van der Waals surface area (Å²) >= 11 is 1.68. The van der Waals surface area contributed by atoms with Crippen molar-refractivity contribution < 1.29 is 22.4 Å². The van der Waals surface area contributed by atoms with Crippen molar-refractivity contribution in [3.8, 4) is 10.8 Å². The highest BCUT2D eigenvalue weighted by Gasteiger charge is 2.33. The molecule has 2 heterocycles. The lowest BCUT2D eigenvalue weighted by atomic mass is 9.99. The van der Waals surface area contributed by atoms with Crippen LogP contribution in [0.15, 0.2) is 34.7 Å². The number of hydrogen-bond donors (Lipinski definition) is 1. The molecule has 0 aliphatic heterocycles. The molecular formula is C22H23F3N4O2S. The highest BCUT2D eigenvalue weighted by atomic mass is 32.1. The van der Waals surface area contributed by atoms with Gasteiger partial charge >= 0.3 is 6.18 Å². The molecule has 1 aliphatic rings. The SMILES string of the molecule is CCN(CC(=O)Nc1ccccc1C(F)(F)F)Cc1nnc(-c2cc3c(s2)CCCC3)o1. The zero-order valence-electron chi connectivity index (χ0n) is 17.5. The molecule has 3 aromatic rings. The molecular weight excluding hydrogens is 441 g/mol. The van der Waals surface area contributed by atoms with Gasteiger partial charge in [-0.1, -0.05) is 19.1 Å². The van der Waals surface area contributed by atoms with E-state index >= 15 is 0 Å². The number of aromatic nitrogens is 2. The average Bonchev–Trinajstić information content (AvgIpc) is 3.39. The number of hydrogen-bond acceptors (Lipinski definition) is 6. The van der Waals surface area contributed by atoms with Crippen LogP contribution in [0, 0.1) is 0 Å². The Hall–Kier alpha value is -2.72.